The number of methoxy groups -OCH3 is 1. The highest BCUT2D eigenvalue weighted by atomic mass is 16.6. The summed E-state index contributed by atoms with van der Waals surface area (Å²) in [4.78, 5) is 29.3. The van der Waals surface area contributed by atoms with E-state index in [4.69, 9.17) is 23.7 Å². The highest BCUT2D eigenvalue weighted by Crippen LogP contribution is 2.37. The van der Waals surface area contributed by atoms with Gasteiger partial charge in [0, 0.05) is 43.9 Å². The number of hydrogen-bond acceptors (Lipinski definition) is 9. The molecule has 3 aliphatic heterocycles. The number of aliphatic hydroxyl groups is 1. The Morgan fingerprint density at radius 1 is 1.14 bits per heavy atom. The summed E-state index contributed by atoms with van der Waals surface area (Å²) in [6.45, 7) is 4.88. The number of β-amino-alcohol motifs (C(OH)–C–C–N with tert-alkyl or cyclic N) is 1. The quantitative estimate of drug-likeness (QED) is 0.591. The normalized spacial score (nSPS) is 22.2. The predicted molar refractivity (Wildman–Crippen MR) is 132 cm³/mol. The van der Waals surface area contributed by atoms with Gasteiger partial charge in [0.05, 0.1) is 13.7 Å². The zero-order valence-electron chi connectivity index (χ0n) is 21.1. The fourth-order valence-electron chi connectivity index (χ4n) is 4.83. The molecule has 1 fully saturated rings. The lowest BCUT2D eigenvalue weighted by molar-refractivity contribution is -0.143. The van der Waals surface area contributed by atoms with Crippen molar-refractivity contribution in [2.45, 2.75) is 31.8 Å². The highest BCUT2D eigenvalue weighted by Gasteiger charge is 2.33. The first kappa shape index (κ1) is 25.3. The van der Waals surface area contributed by atoms with Gasteiger partial charge in [0.15, 0.2) is 28.8 Å². The zero-order chi connectivity index (χ0) is 25.9. The van der Waals surface area contributed by atoms with Crippen LogP contribution in [-0.4, -0.2) is 98.0 Å². The van der Waals surface area contributed by atoms with E-state index in [0.29, 0.717) is 66.8 Å². The number of nitrogens with zero attached hydrogens (tertiary/aromatic N) is 2. The summed E-state index contributed by atoms with van der Waals surface area (Å²) >= 11 is 0. The molecule has 1 N–H and O–H groups in total. The molecule has 0 radical (unpaired) electrons. The van der Waals surface area contributed by atoms with Gasteiger partial charge in [-0.1, -0.05) is 12.1 Å². The third-order valence-corrected chi connectivity index (χ3v) is 6.91. The van der Waals surface area contributed by atoms with Crippen LogP contribution in [0.4, 0.5) is 0 Å². The first-order valence-corrected chi connectivity index (χ1v) is 12.5. The minimum Gasteiger partial charge on any atom is -0.493 e. The molecule has 3 aliphatic rings. The van der Waals surface area contributed by atoms with Gasteiger partial charge in [-0.3, -0.25) is 14.5 Å². The van der Waals surface area contributed by atoms with Crippen molar-refractivity contribution in [3.8, 4) is 23.0 Å². The van der Waals surface area contributed by atoms with Crippen LogP contribution in [0.5, 0.6) is 23.0 Å². The lowest BCUT2D eigenvalue weighted by Gasteiger charge is -2.37. The first-order valence-electron chi connectivity index (χ1n) is 12.5. The van der Waals surface area contributed by atoms with Gasteiger partial charge in [-0.05, 0) is 31.2 Å². The molecule has 0 bridgehead atoms. The molecule has 0 saturated carbocycles. The fraction of sp³-hybridized carbons (Fsp3) is 0.481. The van der Waals surface area contributed by atoms with E-state index in [1.54, 1.807) is 30.0 Å². The number of ketones is 1. The Labute approximate surface area is 215 Å². The summed E-state index contributed by atoms with van der Waals surface area (Å²) in [5, 5.41) is 10.7. The average molecular weight is 513 g/mol. The number of fused-ring (bicyclic) bond motifs is 2. The van der Waals surface area contributed by atoms with E-state index >= 15 is 0 Å². The van der Waals surface area contributed by atoms with Crippen LogP contribution >= 0.6 is 0 Å². The van der Waals surface area contributed by atoms with Crippen LogP contribution in [0.25, 0.3) is 0 Å². The van der Waals surface area contributed by atoms with Crippen molar-refractivity contribution in [2.75, 3.05) is 53.0 Å². The SMILES string of the molecule is COc1ccc2c(c1OCC(O)CN1CCN(C(=O)C3COc4ccccc4O3)CC1)COC(C)C2=O. The maximum Gasteiger partial charge on any atom is 0.267 e. The highest BCUT2D eigenvalue weighted by molar-refractivity contribution is 6.02. The molecule has 0 aliphatic carbocycles. The molecule has 5 rings (SSSR count). The summed E-state index contributed by atoms with van der Waals surface area (Å²) in [5.74, 6) is 1.94. The van der Waals surface area contributed by atoms with Gasteiger partial charge in [-0.15, -0.1) is 0 Å². The van der Waals surface area contributed by atoms with Gasteiger partial charge in [0.25, 0.3) is 5.91 Å². The Morgan fingerprint density at radius 3 is 2.65 bits per heavy atom. The zero-order valence-corrected chi connectivity index (χ0v) is 21.1. The maximum absolute atomic E-state index is 13.0. The summed E-state index contributed by atoms with van der Waals surface area (Å²) in [6, 6.07) is 10.7. The molecule has 3 heterocycles. The summed E-state index contributed by atoms with van der Waals surface area (Å²) in [6.07, 6.45) is -1.93. The molecule has 0 spiro atoms. The van der Waals surface area contributed by atoms with Crippen LogP contribution in [0.1, 0.15) is 22.8 Å². The molecule has 3 atom stereocenters. The van der Waals surface area contributed by atoms with Gasteiger partial charge < -0.3 is 33.7 Å². The molecule has 10 nitrogen and oxygen atoms in total. The van der Waals surface area contributed by atoms with Crippen molar-refractivity contribution in [3.63, 3.8) is 0 Å². The van der Waals surface area contributed by atoms with Crippen LogP contribution in [0.3, 0.4) is 0 Å². The first-order chi connectivity index (χ1) is 17.9. The van der Waals surface area contributed by atoms with Gasteiger partial charge >= 0.3 is 0 Å². The molecule has 1 saturated heterocycles. The number of benzene rings is 2. The molecule has 198 valence electrons. The molecule has 2 aromatic carbocycles. The summed E-state index contributed by atoms with van der Waals surface area (Å²) < 4.78 is 28.5. The van der Waals surface area contributed by atoms with E-state index in [1.807, 2.05) is 18.2 Å². The van der Waals surface area contributed by atoms with Crippen LogP contribution in [0.15, 0.2) is 36.4 Å². The Balaban J connectivity index is 1.12. The van der Waals surface area contributed by atoms with Crippen molar-refractivity contribution >= 4 is 11.7 Å². The number of amides is 1. The monoisotopic (exact) mass is 512 g/mol. The number of carbonyl (C=O) groups is 2. The lowest BCUT2D eigenvalue weighted by atomic mass is 9.97. The topological polar surface area (TPSA) is 107 Å². The van der Waals surface area contributed by atoms with Crippen molar-refractivity contribution in [1.29, 1.82) is 0 Å². The average Bonchev–Trinajstić information content (AvgIpc) is 2.93. The Bertz CT molecular complexity index is 1150. The second-order valence-electron chi connectivity index (χ2n) is 9.40. The van der Waals surface area contributed by atoms with Crippen molar-refractivity contribution < 1.29 is 38.4 Å². The number of aliphatic hydroxyl groups excluding tert-OH is 1. The number of Topliss-reactive ketones (excluding diaryl/α,β-unsaturated/α-hetero) is 1. The lowest BCUT2D eigenvalue weighted by Crippen LogP contribution is -2.55. The largest absolute Gasteiger partial charge is 0.493 e. The van der Waals surface area contributed by atoms with Crippen LogP contribution in [-0.2, 0) is 16.1 Å². The van der Waals surface area contributed by atoms with Crippen molar-refractivity contribution in [1.82, 2.24) is 9.80 Å². The Morgan fingerprint density at radius 2 is 1.89 bits per heavy atom. The second-order valence-corrected chi connectivity index (χ2v) is 9.40. The molecular weight excluding hydrogens is 480 g/mol. The molecule has 37 heavy (non-hydrogen) atoms. The van der Waals surface area contributed by atoms with E-state index in [9.17, 15) is 14.7 Å². The molecule has 2 aromatic rings. The third kappa shape index (κ3) is 5.36. The van der Waals surface area contributed by atoms with Gasteiger partial charge in [-0.25, -0.2) is 0 Å². The molecule has 10 heteroatoms. The molecule has 1 amide bonds. The number of carbonyl (C=O) groups excluding carboxylic acids is 2. The van der Waals surface area contributed by atoms with Gasteiger partial charge in [0.2, 0.25) is 6.10 Å². The summed E-state index contributed by atoms with van der Waals surface area (Å²) in [7, 11) is 1.53. The minimum atomic E-state index is -0.770. The number of ether oxygens (including phenoxy) is 5. The smallest absolute Gasteiger partial charge is 0.267 e. The molecular formula is C27H32N2O8. The van der Waals surface area contributed by atoms with Gasteiger partial charge in [-0.2, -0.15) is 0 Å². The predicted octanol–water partition coefficient (Wildman–Crippen LogP) is 1.52. The fourth-order valence-corrected chi connectivity index (χ4v) is 4.83. The molecule has 3 unspecified atom stereocenters. The number of para-hydroxylation sites is 2. The van der Waals surface area contributed by atoms with E-state index in [0.717, 1.165) is 0 Å². The van der Waals surface area contributed by atoms with E-state index in [2.05, 4.69) is 4.90 Å². The molecule has 0 aromatic heterocycles. The van der Waals surface area contributed by atoms with E-state index < -0.39 is 18.3 Å². The second kappa shape index (κ2) is 11.0. The van der Waals surface area contributed by atoms with Crippen LogP contribution in [0.2, 0.25) is 0 Å². The van der Waals surface area contributed by atoms with Crippen LogP contribution < -0.4 is 18.9 Å². The number of piperazine rings is 1. The standard InChI is InChI=1S/C27H32N2O8/c1-17-25(31)19-7-8-23(33-2)26(20(19)15-34-17)36-14-18(30)13-28-9-11-29(12-10-28)27(32)24-16-35-21-5-3-4-6-22(21)37-24/h3-8,17-18,24,30H,9-16H2,1-2H3. The van der Waals surface area contributed by atoms with E-state index in [1.165, 1.54) is 7.11 Å². The maximum atomic E-state index is 13.0. The number of rotatable bonds is 7. The Kier molecular flexibility index (Phi) is 7.50. The van der Waals surface area contributed by atoms with E-state index in [-0.39, 0.29) is 31.5 Å². The Hall–Kier alpha value is -3.34. The summed E-state index contributed by atoms with van der Waals surface area (Å²) in [5.41, 5.74) is 1.19. The van der Waals surface area contributed by atoms with Gasteiger partial charge in [0.1, 0.15) is 25.4 Å². The number of hydrogen-bond donors (Lipinski definition) is 1. The van der Waals surface area contributed by atoms with Crippen molar-refractivity contribution in [2.24, 2.45) is 0 Å². The van der Waals surface area contributed by atoms with Crippen LogP contribution in [0, 0.1) is 0 Å². The minimum absolute atomic E-state index is 0.0301. The van der Waals surface area contributed by atoms with Crippen molar-refractivity contribution in [3.05, 3.63) is 47.5 Å². The third-order valence-electron chi connectivity index (χ3n) is 6.91.